The first kappa shape index (κ1) is 15.5. The Morgan fingerprint density at radius 3 is 2.75 bits per heavy atom. The highest BCUT2D eigenvalue weighted by atomic mass is 35.5. The van der Waals surface area contributed by atoms with E-state index < -0.39 is 0 Å². The molecule has 20 heavy (non-hydrogen) atoms. The van der Waals surface area contributed by atoms with E-state index in [4.69, 9.17) is 11.6 Å². The highest BCUT2D eigenvalue weighted by Crippen LogP contribution is 2.19. The molecule has 0 radical (unpaired) electrons. The predicted molar refractivity (Wildman–Crippen MR) is 87.8 cm³/mol. The van der Waals surface area contributed by atoms with E-state index in [1.165, 1.54) is 10.6 Å². The minimum Gasteiger partial charge on any atom is -0.313 e. The summed E-state index contributed by atoms with van der Waals surface area (Å²) in [6.07, 6.45) is 3.04. The number of benzene rings is 1. The minimum absolute atomic E-state index is 0.389. The summed E-state index contributed by atoms with van der Waals surface area (Å²) in [4.78, 5) is 4.57. The molecule has 1 N–H and O–H groups in total. The highest BCUT2D eigenvalue weighted by Gasteiger charge is 2.13. The molecule has 1 unspecified atom stereocenters. The molecule has 2 nitrogen and oxygen atoms in total. The molecule has 0 aliphatic carbocycles. The van der Waals surface area contributed by atoms with Gasteiger partial charge in [0.05, 0.1) is 5.01 Å². The molecule has 0 saturated carbocycles. The molecule has 1 atom stereocenters. The van der Waals surface area contributed by atoms with Crippen molar-refractivity contribution in [2.24, 2.45) is 0 Å². The molecule has 1 aromatic heterocycles. The Kier molecular flexibility index (Phi) is 6.02. The largest absolute Gasteiger partial charge is 0.313 e. The molecule has 0 aliphatic rings. The standard InChI is InChI=1S/C16H21ClN2S/c1-3-8-18-14(10-16-19-12(2)11-20-16)9-13-6-4-5-7-15(13)17/h4-7,11,14,18H,3,8-10H2,1-2H3. The smallest absolute Gasteiger partial charge is 0.0943 e. The molecule has 0 saturated heterocycles. The van der Waals surface area contributed by atoms with Crippen LogP contribution in [0.1, 0.15) is 29.6 Å². The maximum Gasteiger partial charge on any atom is 0.0943 e. The first-order chi connectivity index (χ1) is 9.69. The quantitative estimate of drug-likeness (QED) is 0.826. The van der Waals surface area contributed by atoms with Crippen LogP contribution >= 0.6 is 22.9 Å². The van der Waals surface area contributed by atoms with Gasteiger partial charge in [-0.25, -0.2) is 4.98 Å². The zero-order chi connectivity index (χ0) is 14.4. The second-order valence-electron chi connectivity index (χ2n) is 5.03. The van der Waals surface area contributed by atoms with Gasteiger partial charge in [0.15, 0.2) is 0 Å². The first-order valence-corrected chi connectivity index (χ1v) is 8.32. The summed E-state index contributed by atoms with van der Waals surface area (Å²) in [5, 5.41) is 7.77. The molecule has 0 amide bonds. The summed E-state index contributed by atoms with van der Waals surface area (Å²) in [5.41, 5.74) is 2.31. The molecule has 0 spiro atoms. The minimum atomic E-state index is 0.389. The van der Waals surface area contributed by atoms with Gasteiger partial charge in [-0.1, -0.05) is 36.7 Å². The van der Waals surface area contributed by atoms with E-state index in [0.717, 1.165) is 36.5 Å². The topological polar surface area (TPSA) is 24.9 Å². The average Bonchev–Trinajstić information content (AvgIpc) is 2.84. The third-order valence-corrected chi connectivity index (χ3v) is 4.55. The third-order valence-electron chi connectivity index (χ3n) is 3.19. The summed E-state index contributed by atoms with van der Waals surface area (Å²) >= 11 is 8.01. The SMILES string of the molecule is CCCNC(Cc1nc(C)cs1)Cc1ccccc1Cl. The number of rotatable bonds is 7. The predicted octanol–water partition coefficient (Wildman–Crippen LogP) is 4.26. The highest BCUT2D eigenvalue weighted by molar-refractivity contribution is 7.09. The summed E-state index contributed by atoms with van der Waals surface area (Å²) in [6, 6.07) is 8.48. The Labute approximate surface area is 130 Å². The van der Waals surface area contributed by atoms with Crippen molar-refractivity contribution in [1.29, 1.82) is 0 Å². The lowest BCUT2D eigenvalue weighted by molar-refractivity contribution is 0.504. The van der Waals surface area contributed by atoms with E-state index in [1.807, 2.05) is 25.1 Å². The fourth-order valence-corrected chi connectivity index (χ4v) is 3.27. The molecule has 2 rings (SSSR count). The van der Waals surface area contributed by atoms with Crippen LogP contribution < -0.4 is 5.32 Å². The lowest BCUT2D eigenvalue weighted by Crippen LogP contribution is -2.33. The van der Waals surface area contributed by atoms with E-state index in [2.05, 4.69) is 28.7 Å². The maximum absolute atomic E-state index is 6.27. The molecule has 4 heteroatoms. The number of thiazole rings is 1. The number of aryl methyl sites for hydroxylation is 1. The van der Waals surface area contributed by atoms with Crippen molar-refractivity contribution in [2.75, 3.05) is 6.54 Å². The lowest BCUT2D eigenvalue weighted by Gasteiger charge is -2.18. The van der Waals surface area contributed by atoms with Crippen LogP contribution in [-0.2, 0) is 12.8 Å². The van der Waals surface area contributed by atoms with Crippen molar-refractivity contribution in [3.8, 4) is 0 Å². The van der Waals surface area contributed by atoms with Gasteiger partial charge in [-0.2, -0.15) is 0 Å². The van der Waals surface area contributed by atoms with E-state index in [9.17, 15) is 0 Å². The van der Waals surface area contributed by atoms with Crippen LogP contribution in [0.5, 0.6) is 0 Å². The average molecular weight is 309 g/mol. The Morgan fingerprint density at radius 2 is 2.10 bits per heavy atom. The van der Waals surface area contributed by atoms with Crippen molar-refractivity contribution in [3.05, 3.63) is 50.9 Å². The Bertz CT molecular complexity index is 539. The molecule has 2 aromatic rings. The number of hydrogen-bond acceptors (Lipinski definition) is 3. The van der Waals surface area contributed by atoms with Gasteiger partial charge in [-0.05, 0) is 37.9 Å². The second kappa shape index (κ2) is 7.77. The van der Waals surface area contributed by atoms with Gasteiger partial charge in [-0.3, -0.25) is 0 Å². The molecule has 1 heterocycles. The fourth-order valence-electron chi connectivity index (χ4n) is 2.20. The summed E-state index contributed by atoms with van der Waals surface area (Å²) in [6.45, 7) is 5.26. The van der Waals surface area contributed by atoms with Crippen molar-refractivity contribution in [1.82, 2.24) is 10.3 Å². The van der Waals surface area contributed by atoms with Gasteiger partial charge in [0.2, 0.25) is 0 Å². The summed E-state index contributed by atoms with van der Waals surface area (Å²) in [5.74, 6) is 0. The Morgan fingerprint density at radius 1 is 1.30 bits per heavy atom. The van der Waals surface area contributed by atoms with Crippen LogP contribution in [0.3, 0.4) is 0 Å². The van der Waals surface area contributed by atoms with Crippen LogP contribution in [0.2, 0.25) is 5.02 Å². The normalized spacial score (nSPS) is 12.6. The summed E-state index contributed by atoms with van der Waals surface area (Å²) in [7, 11) is 0. The third kappa shape index (κ3) is 4.58. The first-order valence-electron chi connectivity index (χ1n) is 7.06. The van der Waals surface area contributed by atoms with Gasteiger partial charge < -0.3 is 5.32 Å². The molecule has 1 aromatic carbocycles. The number of halogens is 1. The Balaban J connectivity index is 2.05. The van der Waals surface area contributed by atoms with E-state index in [0.29, 0.717) is 6.04 Å². The molecule has 0 bridgehead atoms. The maximum atomic E-state index is 6.27. The van der Waals surface area contributed by atoms with Crippen molar-refractivity contribution in [2.45, 2.75) is 39.2 Å². The van der Waals surface area contributed by atoms with Crippen LogP contribution in [-0.4, -0.2) is 17.6 Å². The van der Waals surface area contributed by atoms with Crippen LogP contribution in [0, 0.1) is 6.92 Å². The van der Waals surface area contributed by atoms with Crippen molar-refractivity contribution in [3.63, 3.8) is 0 Å². The van der Waals surface area contributed by atoms with Gasteiger partial charge in [0.25, 0.3) is 0 Å². The van der Waals surface area contributed by atoms with E-state index in [-0.39, 0.29) is 0 Å². The van der Waals surface area contributed by atoms with Gasteiger partial charge in [0.1, 0.15) is 0 Å². The number of nitrogens with one attached hydrogen (secondary N) is 1. The van der Waals surface area contributed by atoms with Crippen LogP contribution in [0.15, 0.2) is 29.6 Å². The zero-order valence-corrected chi connectivity index (χ0v) is 13.6. The Hall–Kier alpha value is -0.900. The molecule has 0 aliphatic heterocycles. The molecular formula is C16H21ClN2S. The second-order valence-corrected chi connectivity index (χ2v) is 6.38. The van der Waals surface area contributed by atoms with E-state index in [1.54, 1.807) is 11.3 Å². The lowest BCUT2D eigenvalue weighted by atomic mass is 10.0. The van der Waals surface area contributed by atoms with E-state index >= 15 is 0 Å². The van der Waals surface area contributed by atoms with Crippen LogP contribution in [0.25, 0.3) is 0 Å². The fraction of sp³-hybridized carbons (Fsp3) is 0.438. The van der Waals surface area contributed by atoms with Crippen molar-refractivity contribution < 1.29 is 0 Å². The van der Waals surface area contributed by atoms with Gasteiger partial charge in [-0.15, -0.1) is 11.3 Å². The van der Waals surface area contributed by atoms with Gasteiger partial charge in [0, 0.05) is 28.6 Å². The molecule has 108 valence electrons. The molecular weight excluding hydrogens is 288 g/mol. The molecule has 0 fully saturated rings. The number of hydrogen-bond donors (Lipinski definition) is 1. The number of aromatic nitrogens is 1. The van der Waals surface area contributed by atoms with Crippen LogP contribution in [0.4, 0.5) is 0 Å². The summed E-state index contributed by atoms with van der Waals surface area (Å²) < 4.78 is 0. The monoisotopic (exact) mass is 308 g/mol. The van der Waals surface area contributed by atoms with Crippen molar-refractivity contribution >= 4 is 22.9 Å². The number of nitrogens with zero attached hydrogens (tertiary/aromatic N) is 1. The zero-order valence-electron chi connectivity index (χ0n) is 12.0. The van der Waals surface area contributed by atoms with Gasteiger partial charge >= 0.3 is 0 Å².